The minimum atomic E-state index is -0.973. The third-order valence-electron chi connectivity index (χ3n) is 3.46. The van der Waals surface area contributed by atoms with Crippen molar-refractivity contribution in [2.75, 3.05) is 17.2 Å². The molecule has 1 unspecified atom stereocenters. The lowest BCUT2D eigenvalue weighted by molar-refractivity contribution is 0.0697. The van der Waals surface area contributed by atoms with E-state index >= 15 is 0 Å². The maximum atomic E-state index is 11.3. The zero-order chi connectivity index (χ0) is 13.3. The maximum Gasteiger partial charge on any atom is 0.339 e. The second-order valence-electron chi connectivity index (χ2n) is 5.09. The highest BCUT2D eigenvalue weighted by Crippen LogP contribution is 2.31. The van der Waals surface area contributed by atoms with Crippen LogP contribution in [0.4, 0.5) is 11.5 Å². The molecule has 5 heteroatoms. The Labute approximate surface area is 107 Å². The SMILES string of the molecule is CC(C)C1CCCN1c1ncc(N)cc1C(=O)O. The predicted octanol–water partition coefficient (Wildman–Crippen LogP) is 1.99. The van der Waals surface area contributed by atoms with E-state index in [1.54, 1.807) is 0 Å². The van der Waals surface area contributed by atoms with Crippen LogP contribution >= 0.6 is 0 Å². The van der Waals surface area contributed by atoms with Gasteiger partial charge < -0.3 is 15.7 Å². The number of rotatable bonds is 3. The number of aromatic nitrogens is 1. The summed E-state index contributed by atoms with van der Waals surface area (Å²) in [6.45, 7) is 5.17. The molecule has 0 aliphatic carbocycles. The number of carbonyl (C=O) groups is 1. The molecule has 5 nitrogen and oxygen atoms in total. The van der Waals surface area contributed by atoms with Gasteiger partial charge in [-0.05, 0) is 24.8 Å². The maximum absolute atomic E-state index is 11.3. The number of carboxylic acid groups (broad SMARTS) is 1. The Morgan fingerprint density at radius 3 is 2.94 bits per heavy atom. The number of hydrogen-bond donors (Lipinski definition) is 2. The van der Waals surface area contributed by atoms with Crippen LogP contribution in [-0.4, -0.2) is 28.6 Å². The number of aromatic carboxylic acids is 1. The minimum absolute atomic E-state index is 0.197. The Hall–Kier alpha value is -1.78. The molecule has 0 spiro atoms. The Bertz CT molecular complexity index is 460. The highest BCUT2D eigenvalue weighted by Gasteiger charge is 2.30. The van der Waals surface area contributed by atoms with Crippen molar-refractivity contribution >= 4 is 17.5 Å². The fourth-order valence-corrected chi connectivity index (χ4v) is 2.61. The third kappa shape index (κ3) is 2.25. The fourth-order valence-electron chi connectivity index (χ4n) is 2.61. The second-order valence-corrected chi connectivity index (χ2v) is 5.09. The van der Waals surface area contributed by atoms with Crippen molar-refractivity contribution < 1.29 is 9.90 Å². The Morgan fingerprint density at radius 1 is 1.61 bits per heavy atom. The van der Waals surface area contributed by atoms with Crippen LogP contribution in [0, 0.1) is 5.92 Å². The van der Waals surface area contributed by atoms with Gasteiger partial charge in [0, 0.05) is 12.6 Å². The van der Waals surface area contributed by atoms with Gasteiger partial charge in [0.2, 0.25) is 0 Å². The zero-order valence-electron chi connectivity index (χ0n) is 10.8. The zero-order valence-corrected chi connectivity index (χ0v) is 10.8. The molecule has 1 atom stereocenters. The molecule has 1 aromatic rings. The monoisotopic (exact) mass is 249 g/mol. The molecule has 1 fully saturated rings. The van der Waals surface area contributed by atoms with Gasteiger partial charge in [0.05, 0.1) is 11.9 Å². The third-order valence-corrected chi connectivity index (χ3v) is 3.46. The highest BCUT2D eigenvalue weighted by atomic mass is 16.4. The molecule has 0 aromatic carbocycles. The molecule has 2 rings (SSSR count). The van der Waals surface area contributed by atoms with Gasteiger partial charge in [-0.25, -0.2) is 9.78 Å². The van der Waals surface area contributed by atoms with Crippen molar-refractivity contribution in [2.45, 2.75) is 32.7 Å². The summed E-state index contributed by atoms with van der Waals surface area (Å²) < 4.78 is 0. The summed E-state index contributed by atoms with van der Waals surface area (Å²) in [7, 11) is 0. The van der Waals surface area contributed by atoms with Crippen LogP contribution in [0.3, 0.4) is 0 Å². The van der Waals surface area contributed by atoms with Crippen LogP contribution in [0.5, 0.6) is 0 Å². The summed E-state index contributed by atoms with van der Waals surface area (Å²) in [5.74, 6) is 0.0561. The lowest BCUT2D eigenvalue weighted by Gasteiger charge is -2.29. The normalized spacial score (nSPS) is 19.5. The van der Waals surface area contributed by atoms with Crippen molar-refractivity contribution in [3.63, 3.8) is 0 Å². The predicted molar refractivity (Wildman–Crippen MR) is 70.8 cm³/mol. The molecule has 0 saturated carbocycles. The van der Waals surface area contributed by atoms with E-state index in [1.165, 1.54) is 12.3 Å². The van der Waals surface area contributed by atoms with E-state index in [2.05, 4.69) is 23.7 Å². The molecular formula is C13H19N3O2. The molecule has 0 bridgehead atoms. The average Bonchev–Trinajstić information content (AvgIpc) is 2.77. The van der Waals surface area contributed by atoms with Crippen LogP contribution in [0.2, 0.25) is 0 Å². The number of anilines is 2. The topological polar surface area (TPSA) is 79.5 Å². The van der Waals surface area contributed by atoms with E-state index in [-0.39, 0.29) is 5.56 Å². The summed E-state index contributed by atoms with van der Waals surface area (Å²) in [6, 6.07) is 1.85. The minimum Gasteiger partial charge on any atom is -0.478 e. The van der Waals surface area contributed by atoms with Gasteiger partial charge in [-0.2, -0.15) is 0 Å². The van der Waals surface area contributed by atoms with Crippen LogP contribution in [0.25, 0.3) is 0 Å². The van der Waals surface area contributed by atoms with E-state index in [4.69, 9.17) is 5.73 Å². The molecule has 2 heterocycles. The molecular weight excluding hydrogens is 230 g/mol. The van der Waals surface area contributed by atoms with E-state index in [9.17, 15) is 9.90 Å². The summed E-state index contributed by atoms with van der Waals surface area (Å²) in [6.07, 6.45) is 3.69. The van der Waals surface area contributed by atoms with Crippen LogP contribution in [-0.2, 0) is 0 Å². The average molecular weight is 249 g/mol. The van der Waals surface area contributed by atoms with Gasteiger partial charge in [0.25, 0.3) is 0 Å². The standard InChI is InChI=1S/C13H19N3O2/c1-8(2)11-4-3-5-16(11)12-10(13(17)18)6-9(14)7-15-12/h6-8,11H,3-5,14H2,1-2H3,(H,17,18). The van der Waals surface area contributed by atoms with Gasteiger partial charge in [-0.15, -0.1) is 0 Å². The molecule has 3 N–H and O–H groups in total. The van der Waals surface area contributed by atoms with Crippen molar-refractivity contribution in [2.24, 2.45) is 5.92 Å². The number of nitrogen functional groups attached to an aromatic ring is 1. The first-order valence-corrected chi connectivity index (χ1v) is 6.26. The van der Waals surface area contributed by atoms with Gasteiger partial charge >= 0.3 is 5.97 Å². The Kier molecular flexibility index (Phi) is 3.41. The quantitative estimate of drug-likeness (QED) is 0.856. The molecule has 1 saturated heterocycles. The van der Waals surface area contributed by atoms with Crippen molar-refractivity contribution in [1.82, 2.24) is 4.98 Å². The largest absolute Gasteiger partial charge is 0.478 e. The number of hydrogen-bond acceptors (Lipinski definition) is 4. The first-order valence-electron chi connectivity index (χ1n) is 6.26. The lowest BCUT2D eigenvalue weighted by Crippen LogP contribution is -2.35. The van der Waals surface area contributed by atoms with Crippen LogP contribution in [0.15, 0.2) is 12.3 Å². The first-order chi connectivity index (χ1) is 8.50. The van der Waals surface area contributed by atoms with Crippen LogP contribution < -0.4 is 10.6 Å². The summed E-state index contributed by atoms with van der Waals surface area (Å²) >= 11 is 0. The molecule has 1 aliphatic heterocycles. The summed E-state index contributed by atoms with van der Waals surface area (Å²) in [4.78, 5) is 17.6. The molecule has 1 aliphatic rings. The summed E-state index contributed by atoms with van der Waals surface area (Å²) in [5.41, 5.74) is 6.20. The molecule has 1 aromatic heterocycles. The van der Waals surface area contributed by atoms with Crippen molar-refractivity contribution in [3.8, 4) is 0 Å². The summed E-state index contributed by atoms with van der Waals surface area (Å²) in [5, 5.41) is 9.25. The number of pyridine rings is 1. The first kappa shape index (κ1) is 12.7. The van der Waals surface area contributed by atoms with Gasteiger partial charge in [-0.1, -0.05) is 13.8 Å². The number of carboxylic acids is 1. The van der Waals surface area contributed by atoms with E-state index in [1.807, 2.05) is 0 Å². The van der Waals surface area contributed by atoms with E-state index in [0.29, 0.717) is 23.5 Å². The highest BCUT2D eigenvalue weighted by molar-refractivity contribution is 5.94. The lowest BCUT2D eigenvalue weighted by atomic mass is 10.0. The molecule has 0 radical (unpaired) electrons. The fraction of sp³-hybridized carbons (Fsp3) is 0.538. The molecule has 0 amide bonds. The van der Waals surface area contributed by atoms with Crippen molar-refractivity contribution in [3.05, 3.63) is 17.8 Å². The van der Waals surface area contributed by atoms with E-state index in [0.717, 1.165) is 19.4 Å². The number of nitrogens with zero attached hydrogens (tertiary/aromatic N) is 2. The van der Waals surface area contributed by atoms with Crippen molar-refractivity contribution in [1.29, 1.82) is 0 Å². The van der Waals surface area contributed by atoms with Crippen LogP contribution in [0.1, 0.15) is 37.0 Å². The Morgan fingerprint density at radius 2 is 2.33 bits per heavy atom. The van der Waals surface area contributed by atoms with Gasteiger partial charge in [-0.3, -0.25) is 0 Å². The van der Waals surface area contributed by atoms with E-state index < -0.39 is 5.97 Å². The van der Waals surface area contributed by atoms with Gasteiger partial charge in [0.1, 0.15) is 11.4 Å². The smallest absolute Gasteiger partial charge is 0.339 e. The number of nitrogens with two attached hydrogens (primary N) is 1. The van der Waals surface area contributed by atoms with Gasteiger partial charge in [0.15, 0.2) is 0 Å². The molecule has 18 heavy (non-hydrogen) atoms. The second kappa shape index (κ2) is 4.84. The molecule has 98 valence electrons. The Balaban J connectivity index is 2.41.